The average Bonchev–Trinajstić information content (AvgIpc) is 3.11. The summed E-state index contributed by atoms with van der Waals surface area (Å²) in [5.41, 5.74) is 7.21. The Labute approximate surface area is 116 Å². The highest BCUT2D eigenvalue weighted by molar-refractivity contribution is 5.11. The molecule has 1 saturated heterocycles. The van der Waals surface area contributed by atoms with Gasteiger partial charge in [0.05, 0.1) is 11.7 Å². The molecule has 1 aliphatic carbocycles. The van der Waals surface area contributed by atoms with Crippen molar-refractivity contribution in [1.29, 1.82) is 0 Å². The van der Waals surface area contributed by atoms with E-state index >= 15 is 0 Å². The molecule has 0 amide bonds. The molecule has 3 nitrogen and oxygen atoms in total. The van der Waals surface area contributed by atoms with E-state index in [1.807, 2.05) is 12.3 Å². The fourth-order valence-corrected chi connectivity index (χ4v) is 4.05. The van der Waals surface area contributed by atoms with E-state index in [-0.39, 0.29) is 0 Å². The predicted octanol–water partition coefficient (Wildman–Crippen LogP) is 2.74. The number of nitrogens with two attached hydrogens (primary N) is 1. The van der Waals surface area contributed by atoms with Gasteiger partial charge in [0.1, 0.15) is 0 Å². The lowest BCUT2D eigenvalue weighted by Gasteiger charge is -2.35. The molecule has 0 radical (unpaired) electrons. The molecule has 19 heavy (non-hydrogen) atoms. The first-order valence-corrected chi connectivity index (χ1v) is 7.77. The largest absolute Gasteiger partial charge is 0.329 e. The lowest BCUT2D eigenvalue weighted by molar-refractivity contribution is 0.135. The minimum absolute atomic E-state index is 0.314. The average molecular weight is 259 g/mol. The number of pyridine rings is 1. The zero-order chi connectivity index (χ0) is 13.1. The molecule has 104 valence electrons. The topological polar surface area (TPSA) is 42.1 Å². The van der Waals surface area contributed by atoms with Gasteiger partial charge in [0.25, 0.3) is 0 Å². The van der Waals surface area contributed by atoms with E-state index in [9.17, 15) is 0 Å². The van der Waals surface area contributed by atoms with Crippen LogP contribution in [0.3, 0.4) is 0 Å². The highest BCUT2D eigenvalue weighted by Gasteiger charge is 2.37. The quantitative estimate of drug-likeness (QED) is 0.904. The molecule has 2 aliphatic rings. The van der Waals surface area contributed by atoms with Gasteiger partial charge in [-0.1, -0.05) is 18.9 Å². The van der Waals surface area contributed by atoms with Gasteiger partial charge in [0.15, 0.2) is 0 Å². The highest BCUT2D eigenvalue weighted by atomic mass is 15.2. The maximum atomic E-state index is 6.06. The standard InChI is InChI=1S/C16H25N3/c17-12-16(14-8-3-4-10-18-14)19-11-5-9-15(19)13-6-1-2-7-13/h3-4,8,10,13,15-16H,1-2,5-7,9,11-12,17H2. The van der Waals surface area contributed by atoms with Crippen molar-refractivity contribution in [2.24, 2.45) is 11.7 Å². The van der Waals surface area contributed by atoms with Gasteiger partial charge >= 0.3 is 0 Å². The summed E-state index contributed by atoms with van der Waals surface area (Å²) in [4.78, 5) is 7.18. The number of nitrogens with zero attached hydrogens (tertiary/aromatic N) is 2. The molecule has 1 aromatic heterocycles. The van der Waals surface area contributed by atoms with Gasteiger partial charge in [-0.3, -0.25) is 9.88 Å². The Morgan fingerprint density at radius 1 is 1.21 bits per heavy atom. The number of aromatic nitrogens is 1. The Balaban J connectivity index is 1.78. The molecule has 1 aromatic rings. The molecule has 2 atom stereocenters. The first-order valence-electron chi connectivity index (χ1n) is 7.77. The zero-order valence-electron chi connectivity index (χ0n) is 11.7. The van der Waals surface area contributed by atoms with Crippen molar-refractivity contribution in [2.45, 2.75) is 50.6 Å². The summed E-state index contributed by atoms with van der Waals surface area (Å²) >= 11 is 0. The Hall–Kier alpha value is -0.930. The maximum absolute atomic E-state index is 6.06. The van der Waals surface area contributed by atoms with Crippen LogP contribution in [0.4, 0.5) is 0 Å². The number of rotatable bonds is 4. The van der Waals surface area contributed by atoms with Gasteiger partial charge in [-0.15, -0.1) is 0 Å². The zero-order valence-corrected chi connectivity index (χ0v) is 11.7. The van der Waals surface area contributed by atoms with E-state index in [0.29, 0.717) is 12.6 Å². The molecule has 2 N–H and O–H groups in total. The van der Waals surface area contributed by atoms with Gasteiger partial charge in [0, 0.05) is 18.8 Å². The molecule has 3 rings (SSSR count). The van der Waals surface area contributed by atoms with Crippen LogP contribution in [0.5, 0.6) is 0 Å². The van der Waals surface area contributed by atoms with Gasteiger partial charge in [-0.05, 0) is 50.3 Å². The third kappa shape index (κ3) is 2.67. The molecule has 0 aromatic carbocycles. The summed E-state index contributed by atoms with van der Waals surface area (Å²) in [6.07, 6.45) is 10.2. The van der Waals surface area contributed by atoms with E-state index in [4.69, 9.17) is 5.73 Å². The van der Waals surface area contributed by atoms with Crippen molar-refractivity contribution in [3.05, 3.63) is 30.1 Å². The normalized spacial score (nSPS) is 26.9. The van der Waals surface area contributed by atoms with E-state index in [1.54, 1.807) is 0 Å². The molecule has 0 bridgehead atoms. The smallest absolute Gasteiger partial charge is 0.0647 e. The monoisotopic (exact) mass is 259 g/mol. The highest BCUT2D eigenvalue weighted by Crippen LogP contribution is 2.38. The number of hydrogen-bond acceptors (Lipinski definition) is 3. The Morgan fingerprint density at radius 2 is 2.05 bits per heavy atom. The van der Waals surface area contributed by atoms with E-state index in [0.717, 1.165) is 17.7 Å². The molecular weight excluding hydrogens is 234 g/mol. The predicted molar refractivity (Wildman–Crippen MR) is 77.7 cm³/mol. The third-order valence-corrected chi connectivity index (χ3v) is 4.94. The van der Waals surface area contributed by atoms with E-state index < -0.39 is 0 Å². The fourth-order valence-electron chi connectivity index (χ4n) is 4.05. The summed E-state index contributed by atoms with van der Waals surface area (Å²) in [6, 6.07) is 7.25. The van der Waals surface area contributed by atoms with Crippen LogP contribution in [-0.2, 0) is 0 Å². The van der Waals surface area contributed by atoms with Crippen LogP contribution in [0.15, 0.2) is 24.4 Å². The summed E-state index contributed by atoms with van der Waals surface area (Å²) in [6.45, 7) is 1.87. The van der Waals surface area contributed by atoms with Gasteiger partial charge in [0.2, 0.25) is 0 Å². The summed E-state index contributed by atoms with van der Waals surface area (Å²) in [5, 5.41) is 0. The Kier molecular flexibility index (Phi) is 4.14. The van der Waals surface area contributed by atoms with E-state index in [1.165, 1.54) is 45.1 Å². The van der Waals surface area contributed by atoms with Gasteiger partial charge < -0.3 is 5.73 Å². The Morgan fingerprint density at radius 3 is 2.74 bits per heavy atom. The summed E-state index contributed by atoms with van der Waals surface area (Å²) in [5.74, 6) is 0.903. The first-order chi connectivity index (χ1) is 9.40. The van der Waals surface area contributed by atoms with Crippen molar-refractivity contribution in [3.8, 4) is 0 Å². The van der Waals surface area contributed by atoms with Crippen molar-refractivity contribution in [3.63, 3.8) is 0 Å². The second kappa shape index (κ2) is 6.02. The molecule has 1 saturated carbocycles. The number of likely N-dealkylation sites (tertiary alicyclic amines) is 1. The second-order valence-corrected chi connectivity index (χ2v) is 6.00. The minimum atomic E-state index is 0.314. The number of hydrogen-bond donors (Lipinski definition) is 1. The molecule has 1 aliphatic heterocycles. The lowest BCUT2D eigenvalue weighted by atomic mass is 9.94. The van der Waals surface area contributed by atoms with Crippen molar-refractivity contribution < 1.29 is 0 Å². The maximum Gasteiger partial charge on any atom is 0.0647 e. The van der Waals surface area contributed by atoms with Crippen LogP contribution in [0, 0.1) is 5.92 Å². The molecule has 3 heteroatoms. The van der Waals surface area contributed by atoms with Crippen molar-refractivity contribution >= 4 is 0 Å². The van der Waals surface area contributed by atoms with Crippen LogP contribution in [0.2, 0.25) is 0 Å². The van der Waals surface area contributed by atoms with Crippen LogP contribution in [0.1, 0.15) is 50.3 Å². The van der Waals surface area contributed by atoms with Crippen LogP contribution in [0.25, 0.3) is 0 Å². The third-order valence-electron chi connectivity index (χ3n) is 4.94. The summed E-state index contributed by atoms with van der Waals surface area (Å²) in [7, 11) is 0. The van der Waals surface area contributed by atoms with Gasteiger partial charge in [-0.2, -0.15) is 0 Å². The van der Waals surface area contributed by atoms with Crippen LogP contribution >= 0.6 is 0 Å². The fraction of sp³-hybridized carbons (Fsp3) is 0.688. The molecular formula is C16H25N3. The van der Waals surface area contributed by atoms with Gasteiger partial charge in [-0.25, -0.2) is 0 Å². The molecule has 2 heterocycles. The van der Waals surface area contributed by atoms with Crippen LogP contribution < -0.4 is 5.73 Å². The summed E-state index contributed by atoms with van der Waals surface area (Å²) < 4.78 is 0. The molecule has 2 fully saturated rings. The van der Waals surface area contributed by atoms with E-state index in [2.05, 4.69) is 22.0 Å². The molecule has 2 unspecified atom stereocenters. The SMILES string of the molecule is NCC(c1ccccn1)N1CCCC1C1CCCC1. The Bertz CT molecular complexity index is 386. The second-order valence-electron chi connectivity index (χ2n) is 6.00. The minimum Gasteiger partial charge on any atom is -0.329 e. The van der Waals surface area contributed by atoms with Crippen molar-refractivity contribution in [1.82, 2.24) is 9.88 Å². The van der Waals surface area contributed by atoms with Crippen molar-refractivity contribution in [2.75, 3.05) is 13.1 Å². The lowest BCUT2D eigenvalue weighted by Crippen LogP contribution is -2.41. The van der Waals surface area contributed by atoms with Crippen LogP contribution in [-0.4, -0.2) is 29.0 Å². The first kappa shape index (κ1) is 13.1. The molecule has 0 spiro atoms.